The first-order valence-corrected chi connectivity index (χ1v) is 3.68. The lowest BCUT2D eigenvalue weighted by Gasteiger charge is -2.15. The summed E-state index contributed by atoms with van der Waals surface area (Å²) in [6, 6.07) is 0. The van der Waals surface area contributed by atoms with E-state index in [4.69, 9.17) is 0 Å². The van der Waals surface area contributed by atoms with Gasteiger partial charge in [-0.15, -0.1) is 0 Å². The highest BCUT2D eigenvalue weighted by Crippen LogP contribution is 2.24. The molecule has 39 valence electrons. The molecule has 1 fully saturated rings. The van der Waals surface area contributed by atoms with Gasteiger partial charge in [0.2, 0.25) is 0 Å². The first-order chi connectivity index (χ1) is 3.39. The van der Waals surface area contributed by atoms with Crippen molar-refractivity contribution in [2.75, 3.05) is 0 Å². The molecule has 0 aromatic heterocycles. The van der Waals surface area contributed by atoms with E-state index in [9.17, 15) is 0 Å². The highest BCUT2D eigenvalue weighted by Gasteiger charge is 2.06. The molecule has 3 radical (unpaired) electrons. The van der Waals surface area contributed by atoms with E-state index >= 15 is 0 Å². The summed E-state index contributed by atoms with van der Waals surface area (Å²) >= 11 is 0. The van der Waals surface area contributed by atoms with Crippen molar-refractivity contribution in [1.29, 1.82) is 0 Å². The van der Waals surface area contributed by atoms with Crippen molar-refractivity contribution in [2.45, 2.75) is 37.6 Å². The summed E-state index contributed by atoms with van der Waals surface area (Å²) in [5.74, 6) is 0. The minimum atomic E-state index is 0.841. The molecule has 1 aliphatic carbocycles. The zero-order valence-electron chi connectivity index (χ0n) is 4.61. The molecule has 0 heterocycles. The van der Waals surface area contributed by atoms with Crippen LogP contribution in [0.2, 0.25) is 5.54 Å². The van der Waals surface area contributed by atoms with E-state index < -0.39 is 0 Å². The normalized spacial score (nSPS) is 25.3. The van der Waals surface area contributed by atoms with E-state index in [1.807, 2.05) is 0 Å². The number of hydrogen-bond acceptors (Lipinski definition) is 0. The van der Waals surface area contributed by atoms with Crippen molar-refractivity contribution in [3.8, 4) is 0 Å². The monoisotopic (exact) mass is 111 g/mol. The van der Waals surface area contributed by atoms with Crippen LogP contribution in [-0.2, 0) is 0 Å². The third-order valence-corrected chi connectivity index (χ3v) is 2.18. The van der Waals surface area contributed by atoms with Crippen LogP contribution in [0.25, 0.3) is 0 Å². The molecule has 0 aliphatic heterocycles. The van der Waals surface area contributed by atoms with Gasteiger partial charge in [-0.3, -0.25) is 0 Å². The van der Waals surface area contributed by atoms with E-state index in [0.29, 0.717) is 0 Å². The summed E-state index contributed by atoms with van der Waals surface area (Å²) in [5.41, 5.74) is 0.841. The third-order valence-electron chi connectivity index (χ3n) is 1.61. The smallest absolute Gasteiger partial charge is 0.0266 e. The van der Waals surface area contributed by atoms with E-state index in [1.165, 1.54) is 32.1 Å². The first kappa shape index (κ1) is 5.36. The van der Waals surface area contributed by atoms with Gasteiger partial charge in [0.1, 0.15) is 0 Å². The molecular weight excluding hydrogens is 100 g/mol. The fourth-order valence-corrected chi connectivity index (χ4v) is 1.51. The summed E-state index contributed by atoms with van der Waals surface area (Å²) in [5, 5.41) is 0. The lowest BCUT2D eigenvalue weighted by atomic mass is 10.0. The number of rotatable bonds is 0. The molecule has 0 N–H and O–H groups in total. The highest BCUT2D eigenvalue weighted by atomic mass is 28.1. The second-order valence-corrected chi connectivity index (χ2v) is 3.15. The average molecular weight is 111 g/mol. The van der Waals surface area contributed by atoms with Gasteiger partial charge in [-0.1, -0.05) is 37.6 Å². The van der Waals surface area contributed by atoms with Crippen LogP contribution >= 0.6 is 0 Å². The summed E-state index contributed by atoms with van der Waals surface area (Å²) in [6.45, 7) is 0. The van der Waals surface area contributed by atoms with Crippen LogP contribution in [-0.4, -0.2) is 10.2 Å². The Morgan fingerprint density at radius 3 is 1.86 bits per heavy atom. The molecule has 1 aliphatic rings. The second-order valence-electron chi connectivity index (χ2n) is 2.33. The fraction of sp³-hybridized carbons (Fsp3) is 1.00. The lowest BCUT2D eigenvalue weighted by molar-refractivity contribution is 0.504. The summed E-state index contributed by atoms with van der Waals surface area (Å²) in [6.07, 6.45) is 7.14. The zero-order chi connectivity index (χ0) is 5.11. The van der Waals surface area contributed by atoms with Crippen molar-refractivity contribution in [1.82, 2.24) is 0 Å². The number of hydrogen-bond donors (Lipinski definition) is 0. The van der Waals surface area contributed by atoms with Crippen molar-refractivity contribution in [2.24, 2.45) is 0 Å². The van der Waals surface area contributed by atoms with Gasteiger partial charge >= 0.3 is 0 Å². The van der Waals surface area contributed by atoms with Crippen molar-refractivity contribution in [3.63, 3.8) is 0 Å². The molecular formula is C6H11Si. The van der Waals surface area contributed by atoms with Crippen LogP contribution < -0.4 is 0 Å². The largest absolute Gasteiger partial charge is 0.0535 e. The standard InChI is InChI=1S/C6H11Si/c7-6-4-2-1-3-5-6/h6H,1-5H2. The van der Waals surface area contributed by atoms with E-state index in [2.05, 4.69) is 10.2 Å². The Morgan fingerprint density at radius 2 is 1.57 bits per heavy atom. The van der Waals surface area contributed by atoms with E-state index in [1.54, 1.807) is 0 Å². The van der Waals surface area contributed by atoms with Crippen LogP contribution in [0.3, 0.4) is 0 Å². The molecule has 0 aromatic rings. The highest BCUT2D eigenvalue weighted by molar-refractivity contribution is 6.11. The maximum Gasteiger partial charge on any atom is 0.0266 e. The molecule has 1 heteroatoms. The van der Waals surface area contributed by atoms with Gasteiger partial charge in [-0.05, 0) is 0 Å². The Labute approximate surface area is 48.7 Å². The zero-order valence-corrected chi connectivity index (χ0v) is 5.61. The van der Waals surface area contributed by atoms with Crippen LogP contribution in [0.1, 0.15) is 32.1 Å². The Kier molecular flexibility index (Phi) is 1.92. The fourth-order valence-electron chi connectivity index (χ4n) is 1.10. The molecule has 0 unspecified atom stereocenters. The quantitative estimate of drug-likeness (QED) is 0.419. The van der Waals surface area contributed by atoms with Crippen LogP contribution in [0.5, 0.6) is 0 Å². The van der Waals surface area contributed by atoms with Gasteiger partial charge in [0.15, 0.2) is 0 Å². The van der Waals surface area contributed by atoms with Crippen molar-refractivity contribution >= 4 is 10.2 Å². The summed E-state index contributed by atoms with van der Waals surface area (Å²) in [4.78, 5) is 0. The van der Waals surface area contributed by atoms with Gasteiger partial charge in [0.25, 0.3) is 0 Å². The van der Waals surface area contributed by atoms with Crippen molar-refractivity contribution < 1.29 is 0 Å². The van der Waals surface area contributed by atoms with Gasteiger partial charge < -0.3 is 0 Å². The molecule has 1 saturated carbocycles. The Balaban J connectivity index is 2.12. The maximum absolute atomic E-state index is 3.63. The molecule has 0 spiro atoms. The van der Waals surface area contributed by atoms with Crippen LogP contribution in [0.15, 0.2) is 0 Å². The van der Waals surface area contributed by atoms with Gasteiger partial charge in [0, 0.05) is 10.2 Å². The summed E-state index contributed by atoms with van der Waals surface area (Å²) < 4.78 is 0. The maximum atomic E-state index is 3.63. The molecule has 0 saturated heterocycles. The average Bonchev–Trinajstić information content (AvgIpc) is 1.69. The second kappa shape index (κ2) is 2.51. The minimum absolute atomic E-state index is 0.841. The van der Waals surface area contributed by atoms with E-state index in [0.717, 1.165) is 5.54 Å². The molecule has 0 atom stereocenters. The van der Waals surface area contributed by atoms with Crippen molar-refractivity contribution in [3.05, 3.63) is 0 Å². The molecule has 7 heavy (non-hydrogen) atoms. The topological polar surface area (TPSA) is 0 Å². The molecule has 0 amide bonds. The minimum Gasteiger partial charge on any atom is -0.0535 e. The Bertz CT molecular complexity index is 46.1. The Morgan fingerprint density at radius 1 is 1.00 bits per heavy atom. The SMILES string of the molecule is [Si]C1CCCCC1. The summed E-state index contributed by atoms with van der Waals surface area (Å²) in [7, 11) is 3.63. The van der Waals surface area contributed by atoms with Gasteiger partial charge in [0.05, 0.1) is 0 Å². The van der Waals surface area contributed by atoms with Crippen LogP contribution in [0, 0.1) is 0 Å². The van der Waals surface area contributed by atoms with Crippen LogP contribution in [0.4, 0.5) is 0 Å². The van der Waals surface area contributed by atoms with E-state index in [-0.39, 0.29) is 0 Å². The first-order valence-electron chi connectivity index (χ1n) is 3.11. The predicted molar refractivity (Wildman–Crippen MR) is 32.6 cm³/mol. The predicted octanol–water partition coefficient (Wildman–Crippen LogP) is 1.91. The van der Waals surface area contributed by atoms with Gasteiger partial charge in [-0.25, -0.2) is 0 Å². The molecule has 0 bridgehead atoms. The molecule has 0 nitrogen and oxygen atoms in total. The Hall–Kier alpha value is 0.217. The third kappa shape index (κ3) is 1.64. The van der Waals surface area contributed by atoms with Gasteiger partial charge in [-0.2, -0.15) is 0 Å². The lowest BCUT2D eigenvalue weighted by Crippen LogP contribution is -1.98. The molecule has 0 aromatic carbocycles. The molecule has 1 rings (SSSR count).